The average Bonchev–Trinajstić information content (AvgIpc) is 3.38. The van der Waals surface area contributed by atoms with Crippen molar-refractivity contribution in [3.63, 3.8) is 0 Å². The summed E-state index contributed by atoms with van der Waals surface area (Å²) >= 11 is 13.9. The molecule has 0 saturated heterocycles. The second-order valence-corrected chi connectivity index (χ2v) is 11.9. The SMILES string of the molecule is CCOc1cc(C2C(C(=O)OC(C)C)=C(C)Nc3nc(SCc4ccccc4Cl)nn32)ccc1OCc1ccc(Cl)cc1. The van der Waals surface area contributed by atoms with Crippen molar-refractivity contribution in [2.45, 2.75) is 57.4 Å². The van der Waals surface area contributed by atoms with Gasteiger partial charge in [-0.3, -0.25) is 0 Å². The van der Waals surface area contributed by atoms with E-state index in [4.69, 9.17) is 47.5 Å². The number of rotatable bonds is 11. The van der Waals surface area contributed by atoms with Crippen molar-refractivity contribution in [2.24, 2.45) is 0 Å². The first-order valence-electron chi connectivity index (χ1n) is 13.9. The van der Waals surface area contributed by atoms with Crippen molar-refractivity contribution in [1.82, 2.24) is 14.8 Å². The number of aromatic nitrogens is 3. The fourth-order valence-electron chi connectivity index (χ4n) is 4.62. The van der Waals surface area contributed by atoms with Crippen LogP contribution in [-0.2, 0) is 21.9 Å². The summed E-state index contributed by atoms with van der Waals surface area (Å²) in [4.78, 5) is 18.2. The van der Waals surface area contributed by atoms with E-state index < -0.39 is 12.0 Å². The molecule has 11 heteroatoms. The van der Waals surface area contributed by atoms with Crippen LogP contribution in [-0.4, -0.2) is 33.4 Å². The quantitative estimate of drug-likeness (QED) is 0.130. The van der Waals surface area contributed by atoms with E-state index in [0.29, 0.717) is 62.9 Å². The number of nitrogens with zero attached hydrogens (tertiary/aromatic N) is 3. The van der Waals surface area contributed by atoms with Crippen LogP contribution in [0.2, 0.25) is 10.0 Å². The lowest BCUT2D eigenvalue weighted by Crippen LogP contribution is -2.30. The Morgan fingerprint density at radius 1 is 1.05 bits per heavy atom. The molecule has 0 fully saturated rings. The number of thioether (sulfide) groups is 1. The first kappa shape index (κ1) is 30.8. The number of carbonyl (C=O) groups is 1. The Labute approximate surface area is 265 Å². The Morgan fingerprint density at radius 2 is 1.81 bits per heavy atom. The third-order valence-electron chi connectivity index (χ3n) is 6.60. The van der Waals surface area contributed by atoms with Gasteiger partial charge in [0, 0.05) is 21.5 Å². The molecule has 4 aromatic rings. The van der Waals surface area contributed by atoms with Gasteiger partial charge in [-0.1, -0.05) is 71.4 Å². The van der Waals surface area contributed by atoms with Crippen molar-refractivity contribution >= 4 is 46.9 Å². The molecule has 0 bridgehead atoms. The van der Waals surface area contributed by atoms with Crippen LogP contribution in [0.3, 0.4) is 0 Å². The monoisotopic (exact) mass is 638 g/mol. The van der Waals surface area contributed by atoms with Crippen molar-refractivity contribution < 1.29 is 19.0 Å². The number of nitrogens with one attached hydrogen (secondary N) is 1. The van der Waals surface area contributed by atoms with Crippen LogP contribution in [0, 0.1) is 0 Å². The van der Waals surface area contributed by atoms with Crippen LogP contribution in [0.4, 0.5) is 5.95 Å². The maximum atomic E-state index is 13.5. The van der Waals surface area contributed by atoms with Gasteiger partial charge in [-0.2, -0.15) is 4.98 Å². The van der Waals surface area contributed by atoms with Crippen LogP contribution in [0.25, 0.3) is 0 Å². The molecule has 1 unspecified atom stereocenters. The third-order valence-corrected chi connectivity index (χ3v) is 8.11. The Morgan fingerprint density at radius 3 is 2.53 bits per heavy atom. The minimum Gasteiger partial charge on any atom is -0.490 e. The van der Waals surface area contributed by atoms with Gasteiger partial charge in [-0.25, -0.2) is 9.48 Å². The van der Waals surface area contributed by atoms with E-state index in [2.05, 4.69) is 5.32 Å². The smallest absolute Gasteiger partial charge is 0.338 e. The lowest BCUT2D eigenvalue weighted by molar-refractivity contribution is -0.143. The molecule has 8 nitrogen and oxygen atoms in total. The molecule has 5 rings (SSSR count). The predicted molar refractivity (Wildman–Crippen MR) is 170 cm³/mol. The standard InChI is InChI=1S/C32H32Cl2N4O4S/c1-5-40-27-16-22(12-15-26(27)41-17-21-10-13-24(33)14-11-21)29-28(30(39)42-19(2)3)20(4)35-31-36-32(37-38(29)31)43-18-23-8-6-7-9-25(23)34/h6-16,19,29H,5,17-18H2,1-4H3,(H,35,36,37). The summed E-state index contributed by atoms with van der Waals surface area (Å²) in [6.45, 7) is 8.17. The number of anilines is 1. The first-order chi connectivity index (χ1) is 20.7. The van der Waals surface area contributed by atoms with Gasteiger partial charge in [0.2, 0.25) is 11.1 Å². The van der Waals surface area contributed by atoms with Gasteiger partial charge < -0.3 is 19.5 Å². The molecule has 0 amide bonds. The second-order valence-electron chi connectivity index (χ2n) is 10.1. The topological polar surface area (TPSA) is 87.5 Å². The predicted octanol–water partition coefficient (Wildman–Crippen LogP) is 8.10. The summed E-state index contributed by atoms with van der Waals surface area (Å²) in [5.74, 6) is 1.81. The van der Waals surface area contributed by atoms with Crippen molar-refractivity contribution in [3.05, 3.63) is 105 Å². The fraction of sp³-hybridized carbons (Fsp3) is 0.281. The molecule has 1 aliphatic rings. The molecule has 1 aliphatic heterocycles. The number of esters is 1. The Balaban J connectivity index is 1.49. The molecule has 1 N–H and O–H groups in total. The zero-order chi connectivity index (χ0) is 30.5. The van der Waals surface area contributed by atoms with Gasteiger partial charge in [0.1, 0.15) is 12.6 Å². The highest BCUT2D eigenvalue weighted by Crippen LogP contribution is 2.40. The van der Waals surface area contributed by atoms with Crippen LogP contribution in [0.15, 0.2) is 83.2 Å². The minimum atomic E-state index is -0.616. The summed E-state index contributed by atoms with van der Waals surface area (Å²) in [6.07, 6.45) is -0.296. The van der Waals surface area contributed by atoms with Gasteiger partial charge in [-0.15, -0.1) is 5.10 Å². The molecule has 2 heterocycles. The highest BCUT2D eigenvalue weighted by Gasteiger charge is 2.36. The van der Waals surface area contributed by atoms with Gasteiger partial charge in [0.15, 0.2) is 11.5 Å². The molecule has 0 radical (unpaired) electrons. The second kappa shape index (κ2) is 13.8. The van der Waals surface area contributed by atoms with Crippen LogP contribution < -0.4 is 14.8 Å². The molecule has 1 aromatic heterocycles. The lowest BCUT2D eigenvalue weighted by Gasteiger charge is -2.29. The number of benzene rings is 3. The van der Waals surface area contributed by atoms with Crippen molar-refractivity contribution in [2.75, 3.05) is 11.9 Å². The molecule has 1 atom stereocenters. The van der Waals surface area contributed by atoms with E-state index >= 15 is 0 Å². The van der Waals surface area contributed by atoms with Crippen LogP contribution in [0.1, 0.15) is 50.4 Å². The number of carbonyl (C=O) groups excluding carboxylic acids is 1. The van der Waals surface area contributed by atoms with E-state index in [9.17, 15) is 4.79 Å². The number of halogens is 2. The number of hydrogen-bond donors (Lipinski definition) is 1. The number of fused-ring (bicyclic) bond motifs is 1. The summed E-state index contributed by atoms with van der Waals surface area (Å²) < 4.78 is 19.5. The van der Waals surface area contributed by atoms with Crippen molar-refractivity contribution in [1.29, 1.82) is 0 Å². The largest absolute Gasteiger partial charge is 0.490 e. The lowest BCUT2D eigenvalue weighted by atomic mass is 9.95. The third kappa shape index (κ3) is 7.29. The normalized spacial score (nSPS) is 14.3. The maximum absolute atomic E-state index is 13.5. The molecule has 0 aliphatic carbocycles. The Bertz CT molecular complexity index is 1640. The molecule has 0 saturated carbocycles. The van der Waals surface area contributed by atoms with E-state index in [1.54, 1.807) is 4.68 Å². The zero-order valence-electron chi connectivity index (χ0n) is 24.3. The molecule has 43 heavy (non-hydrogen) atoms. The summed E-state index contributed by atoms with van der Waals surface area (Å²) in [7, 11) is 0. The van der Waals surface area contributed by atoms with Gasteiger partial charge >= 0.3 is 5.97 Å². The molecular weight excluding hydrogens is 607 g/mol. The summed E-state index contributed by atoms with van der Waals surface area (Å²) in [6, 6.07) is 20.2. The van der Waals surface area contributed by atoms with Crippen molar-refractivity contribution in [3.8, 4) is 11.5 Å². The van der Waals surface area contributed by atoms with E-state index in [0.717, 1.165) is 16.7 Å². The minimum absolute atomic E-state index is 0.296. The highest BCUT2D eigenvalue weighted by atomic mass is 35.5. The molecular formula is C32H32Cl2N4O4S. The van der Waals surface area contributed by atoms with Crippen LogP contribution in [0.5, 0.6) is 11.5 Å². The van der Waals surface area contributed by atoms with Gasteiger partial charge in [0.05, 0.1) is 18.3 Å². The fourth-order valence-corrected chi connectivity index (χ4v) is 5.87. The number of hydrogen-bond acceptors (Lipinski definition) is 8. The van der Waals surface area contributed by atoms with Crippen LogP contribution >= 0.6 is 35.0 Å². The van der Waals surface area contributed by atoms with E-state index in [-0.39, 0.29) is 6.10 Å². The van der Waals surface area contributed by atoms with Gasteiger partial charge in [0.25, 0.3) is 0 Å². The molecule has 224 valence electrons. The Kier molecular flexibility index (Phi) is 9.85. The highest BCUT2D eigenvalue weighted by molar-refractivity contribution is 7.98. The Hall–Kier alpha value is -3.66. The average molecular weight is 640 g/mol. The first-order valence-corrected chi connectivity index (χ1v) is 15.6. The number of allylic oxidation sites excluding steroid dienone is 1. The van der Waals surface area contributed by atoms with Gasteiger partial charge in [-0.05, 0) is 74.7 Å². The zero-order valence-corrected chi connectivity index (χ0v) is 26.6. The van der Waals surface area contributed by atoms with E-state index in [1.807, 2.05) is 94.4 Å². The molecule has 3 aromatic carbocycles. The van der Waals surface area contributed by atoms with E-state index in [1.165, 1.54) is 11.8 Å². The maximum Gasteiger partial charge on any atom is 0.338 e. The summed E-state index contributed by atoms with van der Waals surface area (Å²) in [5, 5.41) is 9.97. The molecule has 0 spiro atoms. The number of ether oxygens (including phenoxy) is 3. The summed E-state index contributed by atoms with van der Waals surface area (Å²) in [5.41, 5.74) is 3.80.